The van der Waals surface area contributed by atoms with Crippen molar-refractivity contribution in [1.82, 2.24) is 9.21 Å². The molecule has 1 fully saturated rings. The molecular weight excluding hydrogens is 396 g/mol. The number of aliphatic carboxylic acids is 1. The third kappa shape index (κ3) is 5.82. The molecule has 27 heavy (non-hydrogen) atoms. The molecule has 1 amide bonds. The van der Waals surface area contributed by atoms with Crippen LogP contribution in [0.4, 0.5) is 4.79 Å². The number of rotatable bonds is 4. The Morgan fingerprint density at radius 3 is 2.33 bits per heavy atom. The third-order valence-corrected chi connectivity index (χ3v) is 5.99. The highest BCUT2D eigenvalue weighted by atomic mass is 35.5. The molecule has 8 nitrogen and oxygen atoms in total. The first-order valence-electron chi connectivity index (χ1n) is 8.34. The molecule has 0 aliphatic carbocycles. The summed E-state index contributed by atoms with van der Waals surface area (Å²) in [6.07, 6.45) is -0.663. The molecule has 150 valence electrons. The third-order valence-electron chi connectivity index (χ3n) is 3.89. The zero-order chi connectivity index (χ0) is 20.4. The Morgan fingerprint density at radius 2 is 1.81 bits per heavy atom. The van der Waals surface area contributed by atoms with Gasteiger partial charge in [-0.2, -0.15) is 4.31 Å². The first-order chi connectivity index (χ1) is 12.4. The van der Waals surface area contributed by atoms with Crippen LogP contribution in [0.1, 0.15) is 26.3 Å². The predicted octanol–water partition coefficient (Wildman–Crippen LogP) is 2.18. The molecule has 0 saturated carbocycles. The second-order valence-electron chi connectivity index (χ2n) is 7.27. The maximum Gasteiger partial charge on any atom is 0.410 e. The second kappa shape index (κ2) is 8.04. The van der Waals surface area contributed by atoms with E-state index >= 15 is 0 Å². The zero-order valence-electron chi connectivity index (χ0n) is 15.4. The molecular formula is C17H23ClN2O6S. The van der Waals surface area contributed by atoms with Crippen molar-refractivity contribution in [3.8, 4) is 0 Å². The van der Waals surface area contributed by atoms with Crippen LogP contribution >= 0.6 is 11.6 Å². The van der Waals surface area contributed by atoms with Gasteiger partial charge in [0.05, 0.1) is 12.3 Å². The standard InChI is InChI=1S/C17H23ClN2O6S/c1-17(2,3)26-16(23)19-8-9-20(14(10-19)15(21)22)27(24,25)11-12-4-6-13(18)7-5-12/h4-7,14H,8-11H2,1-3H3,(H,21,22). The van der Waals surface area contributed by atoms with Crippen molar-refractivity contribution in [2.45, 2.75) is 38.2 Å². The average molecular weight is 419 g/mol. The number of carbonyl (C=O) groups is 2. The van der Waals surface area contributed by atoms with Crippen LogP contribution in [0, 0.1) is 0 Å². The minimum absolute atomic E-state index is 0.0541. The fraction of sp³-hybridized carbons (Fsp3) is 0.529. The van der Waals surface area contributed by atoms with Gasteiger partial charge in [0.2, 0.25) is 10.0 Å². The molecule has 1 atom stereocenters. The number of piperazine rings is 1. The van der Waals surface area contributed by atoms with Crippen LogP contribution in [0.5, 0.6) is 0 Å². The van der Waals surface area contributed by atoms with Gasteiger partial charge in [-0.15, -0.1) is 0 Å². The number of carboxylic acid groups (broad SMARTS) is 1. The number of halogens is 1. The maximum absolute atomic E-state index is 12.8. The van der Waals surface area contributed by atoms with E-state index < -0.39 is 33.7 Å². The minimum Gasteiger partial charge on any atom is -0.480 e. The highest BCUT2D eigenvalue weighted by Crippen LogP contribution is 2.21. The Hall–Kier alpha value is -1.84. The van der Waals surface area contributed by atoms with Gasteiger partial charge in [-0.1, -0.05) is 23.7 Å². The number of nitrogens with zero attached hydrogens (tertiary/aromatic N) is 2. The van der Waals surface area contributed by atoms with E-state index in [4.69, 9.17) is 16.3 Å². The Bertz CT molecular complexity index is 804. The van der Waals surface area contributed by atoms with E-state index in [9.17, 15) is 23.1 Å². The summed E-state index contributed by atoms with van der Waals surface area (Å²) in [4.78, 5) is 25.1. The second-order valence-corrected chi connectivity index (χ2v) is 9.63. The lowest BCUT2D eigenvalue weighted by Gasteiger charge is -2.38. The van der Waals surface area contributed by atoms with Gasteiger partial charge < -0.3 is 14.7 Å². The lowest BCUT2D eigenvalue weighted by atomic mass is 10.2. The van der Waals surface area contributed by atoms with Gasteiger partial charge in [0.25, 0.3) is 0 Å². The minimum atomic E-state index is -3.90. The molecule has 1 N–H and O–H groups in total. The number of benzene rings is 1. The van der Waals surface area contributed by atoms with Crippen LogP contribution in [0.2, 0.25) is 5.02 Å². The molecule has 0 aromatic heterocycles. The SMILES string of the molecule is CC(C)(C)OC(=O)N1CCN(S(=O)(=O)Cc2ccc(Cl)cc2)C(C(=O)O)C1. The Balaban J connectivity index is 2.16. The summed E-state index contributed by atoms with van der Waals surface area (Å²) in [5, 5.41) is 9.98. The topological polar surface area (TPSA) is 104 Å². The van der Waals surface area contributed by atoms with E-state index in [1.165, 1.54) is 4.90 Å². The van der Waals surface area contributed by atoms with Crippen molar-refractivity contribution in [2.24, 2.45) is 0 Å². The van der Waals surface area contributed by atoms with Gasteiger partial charge in [0, 0.05) is 18.1 Å². The number of ether oxygens (including phenoxy) is 1. The number of carboxylic acids is 1. The summed E-state index contributed by atoms with van der Waals surface area (Å²) in [6, 6.07) is 4.92. The van der Waals surface area contributed by atoms with E-state index in [1.807, 2.05) is 0 Å². The van der Waals surface area contributed by atoms with Crippen LogP contribution in [-0.2, 0) is 25.3 Å². The average Bonchev–Trinajstić information content (AvgIpc) is 2.54. The Morgan fingerprint density at radius 1 is 1.22 bits per heavy atom. The largest absolute Gasteiger partial charge is 0.480 e. The van der Waals surface area contributed by atoms with Crippen molar-refractivity contribution in [1.29, 1.82) is 0 Å². The van der Waals surface area contributed by atoms with Crippen LogP contribution in [0.15, 0.2) is 24.3 Å². The molecule has 1 heterocycles. The quantitative estimate of drug-likeness (QED) is 0.803. The smallest absolute Gasteiger partial charge is 0.410 e. The van der Waals surface area contributed by atoms with E-state index in [0.717, 1.165) is 4.31 Å². The van der Waals surface area contributed by atoms with Gasteiger partial charge in [-0.25, -0.2) is 13.2 Å². The fourth-order valence-corrected chi connectivity index (χ4v) is 4.48. The normalized spacial score (nSPS) is 19.0. The van der Waals surface area contributed by atoms with E-state index in [2.05, 4.69) is 0 Å². The lowest BCUT2D eigenvalue weighted by Crippen LogP contribution is -2.59. The monoisotopic (exact) mass is 418 g/mol. The van der Waals surface area contributed by atoms with Gasteiger partial charge in [0.15, 0.2) is 0 Å². The van der Waals surface area contributed by atoms with Crippen molar-refractivity contribution < 1.29 is 27.9 Å². The summed E-state index contributed by atoms with van der Waals surface area (Å²) in [6.45, 7) is 4.76. The van der Waals surface area contributed by atoms with Crippen LogP contribution < -0.4 is 0 Å². The Labute approximate surface area is 163 Å². The molecule has 1 aliphatic heterocycles. The predicted molar refractivity (Wildman–Crippen MR) is 100 cm³/mol. The maximum atomic E-state index is 12.8. The summed E-state index contributed by atoms with van der Waals surface area (Å²) in [5.74, 6) is -1.66. The summed E-state index contributed by atoms with van der Waals surface area (Å²) in [7, 11) is -3.90. The number of hydrogen-bond donors (Lipinski definition) is 1. The molecule has 0 bridgehead atoms. The van der Waals surface area contributed by atoms with Gasteiger partial charge in [0.1, 0.15) is 11.6 Å². The van der Waals surface area contributed by atoms with Gasteiger partial charge >= 0.3 is 12.1 Å². The van der Waals surface area contributed by atoms with Crippen molar-refractivity contribution >= 4 is 33.7 Å². The number of amides is 1. The number of hydrogen-bond acceptors (Lipinski definition) is 5. The molecule has 1 aromatic rings. The van der Waals surface area contributed by atoms with Crippen molar-refractivity contribution in [3.63, 3.8) is 0 Å². The van der Waals surface area contributed by atoms with E-state index in [-0.39, 0.29) is 25.4 Å². The summed E-state index contributed by atoms with van der Waals surface area (Å²) >= 11 is 5.80. The van der Waals surface area contributed by atoms with E-state index in [1.54, 1.807) is 45.0 Å². The van der Waals surface area contributed by atoms with Crippen molar-refractivity contribution in [2.75, 3.05) is 19.6 Å². The molecule has 1 unspecified atom stereocenters. The highest BCUT2D eigenvalue weighted by molar-refractivity contribution is 7.88. The lowest BCUT2D eigenvalue weighted by molar-refractivity contribution is -0.143. The number of sulfonamides is 1. The van der Waals surface area contributed by atoms with Crippen molar-refractivity contribution in [3.05, 3.63) is 34.9 Å². The van der Waals surface area contributed by atoms with Crippen LogP contribution in [0.25, 0.3) is 0 Å². The molecule has 0 spiro atoms. The van der Waals surface area contributed by atoms with Gasteiger partial charge in [-0.05, 0) is 38.5 Å². The van der Waals surface area contributed by atoms with E-state index in [0.29, 0.717) is 10.6 Å². The Kier molecular flexibility index (Phi) is 6.39. The van der Waals surface area contributed by atoms with Crippen LogP contribution in [-0.4, -0.2) is 66.1 Å². The zero-order valence-corrected chi connectivity index (χ0v) is 17.0. The molecule has 1 aliphatic rings. The van der Waals surface area contributed by atoms with Crippen LogP contribution in [0.3, 0.4) is 0 Å². The summed E-state index contributed by atoms with van der Waals surface area (Å²) in [5.41, 5.74) is -0.230. The number of carbonyl (C=O) groups excluding carboxylic acids is 1. The molecule has 2 rings (SSSR count). The molecule has 1 aromatic carbocycles. The summed E-state index contributed by atoms with van der Waals surface area (Å²) < 4.78 is 31.7. The molecule has 10 heteroatoms. The van der Waals surface area contributed by atoms with Gasteiger partial charge in [-0.3, -0.25) is 4.79 Å². The molecule has 0 radical (unpaired) electrons. The first kappa shape index (κ1) is 21.5. The molecule has 1 saturated heterocycles. The fourth-order valence-electron chi connectivity index (χ4n) is 2.67. The first-order valence-corrected chi connectivity index (χ1v) is 10.3. The highest BCUT2D eigenvalue weighted by Gasteiger charge is 2.41.